The van der Waals surface area contributed by atoms with E-state index >= 15 is 0 Å². The summed E-state index contributed by atoms with van der Waals surface area (Å²) in [6.45, 7) is 0. The van der Waals surface area contributed by atoms with Crippen molar-refractivity contribution in [3.8, 4) is 0 Å². The van der Waals surface area contributed by atoms with Crippen molar-refractivity contribution in [1.82, 2.24) is 5.43 Å². The lowest BCUT2D eigenvalue weighted by Gasteiger charge is -2.16. The molecule has 0 aliphatic carbocycles. The molecule has 0 saturated heterocycles. The van der Waals surface area contributed by atoms with E-state index in [4.69, 9.17) is 17.3 Å². The van der Waals surface area contributed by atoms with Gasteiger partial charge in [0, 0.05) is 0 Å². The predicted octanol–water partition coefficient (Wildman–Crippen LogP) is -0.573. The average molecular weight is 106 g/mol. The molecule has 1 heterocycles. The van der Waals surface area contributed by atoms with Gasteiger partial charge in [0.2, 0.25) is 0 Å². The minimum Gasteiger partial charge on any atom is -0.383 e. The topological polar surface area (TPSA) is 50.4 Å². The van der Waals surface area contributed by atoms with E-state index in [2.05, 4.69) is 10.5 Å². The van der Waals surface area contributed by atoms with Gasteiger partial charge in [-0.25, -0.2) is 0 Å². The van der Waals surface area contributed by atoms with Crippen LogP contribution >= 0.6 is 11.6 Å². The number of nitrogens with one attached hydrogen (secondary N) is 1. The minimum absolute atomic E-state index is 0.218. The smallest absolute Gasteiger partial charge is 0.176 e. The summed E-state index contributed by atoms with van der Waals surface area (Å²) in [5.41, 5.74) is 7.35. The Morgan fingerprint density at radius 3 is 2.50 bits per heavy atom. The molecule has 0 radical (unpaired) electrons. The molecule has 0 amide bonds. The molecule has 6 heavy (non-hydrogen) atoms. The van der Waals surface area contributed by atoms with Gasteiger partial charge in [0.25, 0.3) is 0 Å². The van der Waals surface area contributed by atoms with Crippen molar-refractivity contribution in [1.29, 1.82) is 0 Å². The quantitative estimate of drug-likeness (QED) is 0.320. The summed E-state index contributed by atoms with van der Waals surface area (Å²) < 4.78 is 0. The molecular formula is C2H4ClN3. The second kappa shape index (κ2) is 1.01. The lowest BCUT2D eigenvalue weighted by atomic mass is 10.5. The third-order valence-electron chi connectivity index (χ3n) is 0.567. The van der Waals surface area contributed by atoms with Gasteiger partial charge in [-0.2, -0.15) is 5.10 Å². The Balaban J connectivity index is 2.51. The highest BCUT2D eigenvalue weighted by molar-refractivity contribution is 6.32. The highest BCUT2D eigenvalue weighted by Gasteiger charge is 2.14. The van der Waals surface area contributed by atoms with E-state index < -0.39 is 0 Å². The maximum Gasteiger partial charge on any atom is 0.176 e. The van der Waals surface area contributed by atoms with Crippen LogP contribution in [0.25, 0.3) is 0 Å². The Hall–Kier alpha value is -0.440. The van der Waals surface area contributed by atoms with Gasteiger partial charge in [0.05, 0.1) is 0 Å². The highest BCUT2D eigenvalue weighted by Crippen LogP contribution is 1.97. The fraction of sp³-hybridized carbons (Fsp3) is 0.500. The average Bonchev–Trinajstić information content (AvgIpc) is 1.61. The van der Waals surface area contributed by atoms with E-state index in [0.29, 0.717) is 5.84 Å². The maximum absolute atomic E-state index is 5.33. The molecule has 3 N–H and O–H groups in total. The molecule has 3 nitrogen and oxygen atoms in total. The molecule has 1 rings (SSSR count). The number of alkyl halides is 1. The van der Waals surface area contributed by atoms with Crippen molar-refractivity contribution in [2.24, 2.45) is 10.8 Å². The molecule has 0 bridgehead atoms. The monoisotopic (exact) mass is 105 g/mol. The van der Waals surface area contributed by atoms with Gasteiger partial charge in [0.15, 0.2) is 11.3 Å². The number of hydrogen-bond acceptors (Lipinski definition) is 3. The maximum atomic E-state index is 5.33. The van der Waals surface area contributed by atoms with Crippen LogP contribution < -0.4 is 11.2 Å². The van der Waals surface area contributed by atoms with Gasteiger partial charge in [-0.1, -0.05) is 11.6 Å². The summed E-state index contributed by atoms with van der Waals surface area (Å²) in [4.78, 5) is 0. The molecule has 34 valence electrons. The first-order valence-electron chi connectivity index (χ1n) is 1.53. The van der Waals surface area contributed by atoms with Crippen molar-refractivity contribution >= 4 is 17.4 Å². The summed E-state index contributed by atoms with van der Waals surface area (Å²) >= 11 is 5.33. The third-order valence-corrected chi connectivity index (χ3v) is 0.888. The SMILES string of the molecule is NC1=NN[C@H]1Cl. The van der Waals surface area contributed by atoms with Gasteiger partial charge < -0.3 is 5.73 Å². The van der Waals surface area contributed by atoms with Crippen LogP contribution in [0.15, 0.2) is 5.10 Å². The summed E-state index contributed by atoms with van der Waals surface area (Å²) in [5, 5.41) is 3.46. The highest BCUT2D eigenvalue weighted by atomic mass is 35.5. The Morgan fingerprint density at radius 1 is 2.00 bits per heavy atom. The molecule has 4 heteroatoms. The number of hydrogen-bond donors (Lipinski definition) is 2. The molecule has 1 aliphatic heterocycles. The molecule has 0 fully saturated rings. The van der Waals surface area contributed by atoms with Crippen molar-refractivity contribution < 1.29 is 0 Å². The number of halogens is 1. The van der Waals surface area contributed by atoms with Gasteiger partial charge in [-0.15, -0.1) is 0 Å². The van der Waals surface area contributed by atoms with Crippen LogP contribution in [0.1, 0.15) is 0 Å². The summed E-state index contributed by atoms with van der Waals surface area (Å²) in [6.07, 6.45) is 0. The standard InChI is InChI=1S/C2H4ClN3/c3-1-2(4)6-5-1/h1,5H,(H2,4,6)/t1-/m1/s1. The predicted molar refractivity (Wildman–Crippen MR) is 24.4 cm³/mol. The van der Waals surface area contributed by atoms with E-state index in [0.717, 1.165) is 0 Å². The number of nitrogens with two attached hydrogens (primary N) is 1. The molecule has 0 aromatic heterocycles. The van der Waals surface area contributed by atoms with E-state index in [-0.39, 0.29) is 5.50 Å². The van der Waals surface area contributed by atoms with Crippen LogP contribution in [0.4, 0.5) is 0 Å². The van der Waals surface area contributed by atoms with E-state index in [1.54, 1.807) is 0 Å². The molecule has 1 aliphatic rings. The lowest BCUT2D eigenvalue weighted by Crippen LogP contribution is -2.44. The van der Waals surface area contributed by atoms with E-state index in [1.807, 2.05) is 0 Å². The zero-order chi connectivity index (χ0) is 4.57. The number of rotatable bonds is 0. The van der Waals surface area contributed by atoms with Gasteiger partial charge >= 0.3 is 0 Å². The number of nitrogens with zero attached hydrogens (tertiary/aromatic N) is 1. The van der Waals surface area contributed by atoms with Crippen LogP contribution in [-0.2, 0) is 0 Å². The zero-order valence-electron chi connectivity index (χ0n) is 2.98. The second-order valence-corrected chi connectivity index (χ2v) is 1.46. The summed E-state index contributed by atoms with van der Waals surface area (Å²) in [6, 6.07) is 0. The van der Waals surface area contributed by atoms with Gasteiger partial charge in [0.1, 0.15) is 0 Å². The Labute approximate surface area is 40.2 Å². The van der Waals surface area contributed by atoms with Gasteiger partial charge in [-0.05, 0) is 0 Å². The minimum atomic E-state index is -0.218. The van der Waals surface area contributed by atoms with Crippen molar-refractivity contribution in [3.05, 3.63) is 0 Å². The number of amidine groups is 1. The first kappa shape index (κ1) is 3.74. The van der Waals surface area contributed by atoms with Crippen molar-refractivity contribution in [3.63, 3.8) is 0 Å². The van der Waals surface area contributed by atoms with Crippen LogP contribution in [0.3, 0.4) is 0 Å². The third kappa shape index (κ3) is 0.318. The normalized spacial score (nSPS) is 30.2. The van der Waals surface area contributed by atoms with Gasteiger partial charge in [-0.3, -0.25) is 5.43 Å². The molecule has 0 saturated carbocycles. The lowest BCUT2D eigenvalue weighted by molar-refractivity contribution is 0.714. The van der Waals surface area contributed by atoms with Crippen molar-refractivity contribution in [2.45, 2.75) is 5.50 Å². The van der Waals surface area contributed by atoms with Crippen LogP contribution in [0.5, 0.6) is 0 Å². The molecule has 0 unspecified atom stereocenters. The molecule has 0 aromatic rings. The summed E-state index contributed by atoms with van der Waals surface area (Å²) in [7, 11) is 0. The molecule has 0 aromatic carbocycles. The first-order chi connectivity index (χ1) is 2.80. The van der Waals surface area contributed by atoms with E-state index in [9.17, 15) is 0 Å². The summed E-state index contributed by atoms with van der Waals surface area (Å²) in [5.74, 6) is 0.469. The number of hydrazone groups is 1. The largest absolute Gasteiger partial charge is 0.383 e. The molecule has 0 spiro atoms. The van der Waals surface area contributed by atoms with E-state index in [1.165, 1.54) is 0 Å². The first-order valence-corrected chi connectivity index (χ1v) is 1.97. The van der Waals surface area contributed by atoms with Crippen LogP contribution in [-0.4, -0.2) is 11.3 Å². The second-order valence-electron chi connectivity index (χ2n) is 1.03. The van der Waals surface area contributed by atoms with Crippen LogP contribution in [0.2, 0.25) is 0 Å². The fourth-order valence-corrected chi connectivity index (χ4v) is 0.285. The van der Waals surface area contributed by atoms with Crippen molar-refractivity contribution in [2.75, 3.05) is 0 Å². The molecular weight excluding hydrogens is 101 g/mol. The fourth-order valence-electron chi connectivity index (χ4n) is 0.188. The zero-order valence-corrected chi connectivity index (χ0v) is 3.74. The Morgan fingerprint density at radius 2 is 2.50 bits per heavy atom. The Bertz CT molecular complexity index is 88.8. The Kier molecular flexibility index (Phi) is 0.630. The molecule has 1 atom stereocenters. The van der Waals surface area contributed by atoms with Crippen LogP contribution in [0, 0.1) is 0 Å².